The predicted molar refractivity (Wildman–Crippen MR) is 106 cm³/mol. The lowest BCUT2D eigenvalue weighted by Gasteiger charge is -2.10. The van der Waals surface area contributed by atoms with Gasteiger partial charge in [0.2, 0.25) is 10.0 Å². The summed E-state index contributed by atoms with van der Waals surface area (Å²) in [4.78, 5) is 10.5. The third-order valence-corrected chi connectivity index (χ3v) is 6.87. The summed E-state index contributed by atoms with van der Waals surface area (Å²) < 4.78 is 55.8. The maximum atomic E-state index is 12.4. The molecule has 0 aliphatic carbocycles. The number of nitro benzene ring substituents is 1. The minimum Gasteiger partial charge on any atom is -0.493 e. The van der Waals surface area contributed by atoms with Crippen molar-refractivity contribution >= 4 is 31.2 Å². The topological polar surface area (TPSA) is 145 Å². The zero-order chi connectivity index (χ0) is 21.2. The van der Waals surface area contributed by atoms with Crippen molar-refractivity contribution < 1.29 is 26.5 Å². The van der Waals surface area contributed by atoms with Crippen LogP contribution in [0.3, 0.4) is 0 Å². The van der Waals surface area contributed by atoms with Crippen molar-refractivity contribution in [1.82, 2.24) is 4.72 Å². The molecule has 0 saturated heterocycles. The van der Waals surface area contributed by atoms with Gasteiger partial charge in [-0.05, 0) is 35.9 Å². The Morgan fingerprint density at radius 3 is 2.48 bits per heavy atom. The Morgan fingerprint density at radius 2 is 1.79 bits per heavy atom. The molecule has 2 aromatic carbocycles. The molecule has 2 aromatic rings. The van der Waals surface area contributed by atoms with Gasteiger partial charge in [-0.3, -0.25) is 10.1 Å². The largest absolute Gasteiger partial charge is 0.493 e. The van der Waals surface area contributed by atoms with Crippen LogP contribution >= 0.6 is 0 Å². The average molecular weight is 441 g/mol. The highest BCUT2D eigenvalue weighted by molar-refractivity contribution is 7.90. The number of hydrogen-bond donors (Lipinski definition) is 2. The second-order valence-corrected chi connectivity index (χ2v) is 10.2. The molecule has 1 heterocycles. The Morgan fingerprint density at radius 1 is 1.07 bits per heavy atom. The number of nitrogens with one attached hydrogen (secondary N) is 2. The first-order valence-corrected chi connectivity index (χ1v) is 11.9. The van der Waals surface area contributed by atoms with Gasteiger partial charge in [-0.25, -0.2) is 21.6 Å². The molecule has 0 bridgehead atoms. The predicted octanol–water partition coefficient (Wildman–Crippen LogP) is 1.32. The van der Waals surface area contributed by atoms with E-state index in [1.165, 1.54) is 18.2 Å². The van der Waals surface area contributed by atoms with Crippen LogP contribution in [0.15, 0.2) is 46.2 Å². The summed E-state index contributed by atoms with van der Waals surface area (Å²) in [5, 5.41) is 14.0. The first-order valence-electron chi connectivity index (χ1n) is 8.56. The van der Waals surface area contributed by atoms with Gasteiger partial charge in [-0.1, -0.05) is 0 Å². The molecule has 0 unspecified atom stereocenters. The van der Waals surface area contributed by atoms with Crippen molar-refractivity contribution in [3.8, 4) is 5.75 Å². The molecule has 12 heteroatoms. The van der Waals surface area contributed by atoms with Gasteiger partial charge in [-0.15, -0.1) is 0 Å². The molecule has 0 spiro atoms. The molecule has 2 N–H and O–H groups in total. The van der Waals surface area contributed by atoms with Crippen molar-refractivity contribution in [2.24, 2.45) is 0 Å². The Balaban J connectivity index is 1.65. The number of ether oxygens (including phenoxy) is 1. The minimum atomic E-state index is -3.75. The molecular formula is C17H19N3O7S2. The van der Waals surface area contributed by atoms with Gasteiger partial charge in [0.25, 0.3) is 5.69 Å². The van der Waals surface area contributed by atoms with Crippen LogP contribution in [-0.4, -0.2) is 47.7 Å². The molecule has 1 aliphatic heterocycles. The Bertz CT molecular complexity index is 1160. The average Bonchev–Trinajstić information content (AvgIpc) is 3.12. The zero-order valence-electron chi connectivity index (χ0n) is 15.4. The monoisotopic (exact) mass is 441 g/mol. The zero-order valence-corrected chi connectivity index (χ0v) is 17.0. The lowest BCUT2D eigenvalue weighted by molar-refractivity contribution is -0.384. The number of sulfone groups is 1. The number of rotatable bonds is 8. The van der Waals surface area contributed by atoms with E-state index in [4.69, 9.17) is 4.74 Å². The number of anilines is 1. The Kier molecular flexibility index (Phi) is 5.78. The van der Waals surface area contributed by atoms with E-state index in [0.717, 1.165) is 17.9 Å². The summed E-state index contributed by atoms with van der Waals surface area (Å²) in [6.45, 7) is 0.556. The molecule has 156 valence electrons. The standard InChI is InChI=1S/C17H19N3O7S2/c1-28(23,24)13-2-4-15(16(11-13)20(21)22)18-7-8-19-29(25,26)14-3-5-17-12(10-14)6-9-27-17/h2-5,10-11,18-19H,6-9H2,1H3. The molecule has 0 amide bonds. The summed E-state index contributed by atoms with van der Waals surface area (Å²) in [6, 6.07) is 8.13. The van der Waals surface area contributed by atoms with Gasteiger partial charge in [0.1, 0.15) is 11.4 Å². The van der Waals surface area contributed by atoms with Crippen LogP contribution in [0, 0.1) is 10.1 Å². The van der Waals surface area contributed by atoms with Crippen LogP contribution < -0.4 is 14.8 Å². The van der Waals surface area contributed by atoms with Crippen molar-refractivity contribution in [3.63, 3.8) is 0 Å². The minimum absolute atomic E-state index is 0.0269. The van der Waals surface area contributed by atoms with Crippen LogP contribution in [0.25, 0.3) is 0 Å². The lowest BCUT2D eigenvalue weighted by atomic mass is 10.2. The summed E-state index contributed by atoms with van der Waals surface area (Å²) >= 11 is 0. The highest BCUT2D eigenvalue weighted by atomic mass is 32.2. The molecule has 1 aliphatic rings. The van der Waals surface area contributed by atoms with E-state index in [0.29, 0.717) is 18.8 Å². The molecule has 29 heavy (non-hydrogen) atoms. The van der Waals surface area contributed by atoms with Crippen molar-refractivity contribution in [3.05, 3.63) is 52.1 Å². The molecule has 0 atom stereocenters. The van der Waals surface area contributed by atoms with E-state index in [1.54, 1.807) is 12.1 Å². The highest BCUT2D eigenvalue weighted by Gasteiger charge is 2.20. The number of benzene rings is 2. The van der Waals surface area contributed by atoms with E-state index < -0.39 is 30.5 Å². The van der Waals surface area contributed by atoms with Crippen molar-refractivity contribution in [2.75, 3.05) is 31.3 Å². The number of nitrogens with zero attached hydrogens (tertiary/aromatic N) is 1. The van der Waals surface area contributed by atoms with Crippen LogP contribution in [0.5, 0.6) is 5.75 Å². The van der Waals surface area contributed by atoms with Gasteiger partial charge in [-0.2, -0.15) is 0 Å². The third-order valence-electron chi connectivity index (χ3n) is 4.30. The second-order valence-electron chi connectivity index (χ2n) is 6.40. The molecule has 10 nitrogen and oxygen atoms in total. The van der Waals surface area contributed by atoms with E-state index in [2.05, 4.69) is 10.0 Å². The van der Waals surface area contributed by atoms with Crippen LogP contribution in [0.2, 0.25) is 0 Å². The number of nitro groups is 1. The summed E-state index contributed by atoms with van der Waals surface area (Å²) in [5.41, 5.74) is 0.512. The maximum Gasteiger partial charge on any atom is 0.293 e. The fourth-order valence-corrected chi connectivity index (χ4v) is 4.56. The quantitative estimate of drug-likeness (QED) is 0.354. The molecule has 3 rings (SSSR count). The summed E-state index contributed by atoms with van der Waals surface area (Å²) in [5.74, 6) is 0.676. The van der Waals surface area contributed by atoms with Crippen LogP contribution in [0.1, 0.15) is 5.56 Å². The number of sulfonamides is 1. The summed E-state index contributed by atoms with van der Waals surface area (Å²) in [6.07, 6.45) is 1.60. The van der Waals surface area contributed by atoms with Crippen LogP contribution in [-0.2, 0) is 26.3 Å². The molecule has 0 aromatic heterocycles. The smallest absolute Gasteiger partial charge is 0.293 e. The third kappa shape index (κ3) is 4.83. The van der Waals surface area contributed by atoms with Gasteiger partial charge < -0.3 is 10.1 Å². The van der Waals surface area contributed by atoms with Gasteiger partial charge in [0.05, 0.1) is 21.3 Å². The van der Waals surface area contributed by atoms with E-state index >= 15 is 0 Å². The van der Waals surface area contributed by atoms with Gasteiger partial charge in [0, 0.05) is 31.8 Å². The maximum absolute atomic E-state index is 12.4. The summed E-state index contributed by atoms with van der Waals surface area (Å²) in [7, 11) is -7.34. The first kappa shape index (κ1) is 21.0. The Labute approximate surface area is 168 Å². The second kappa shape index (κ2) is 7.97. The first-order chi connectivity index (χ1) is 13.6. The fraction of sp³-hybridized carbons (Fsp3) is 0.294. The molecule has 0 radical (unpaired) electrons. The lowest BCUT2D eigenvalue weighted by Crippen LogP contribution is -2.29. The molecule has 0 saturated carbocycles. The molecular weight excluding hydrogens is 422 g/mol. The van der Waals surface area contributed by atoms with Crippen molar-refractivity contribution in [2.45, 2.75) is 16.2 Å². The normalized spacial score (nSPS) is 13.6. The number of hydrogen-bond acceptors (Lipinski definition) is 8. The SMILES string of the molecule is CS(=O)(=O)c1ccc(NCCNS(=O)(=O)c2ccc3c(c2)CCO3)c([N+](=O)[O-])c1. The van der Waals surface area contributed by atoms with Gasteiger partial charge >= 0.3 is 0 Å². The number of fused-ring (bicyclic) bond motifs is 1. The Hall–Kier alpha value is -2.70. The highest BCUT2D eigenvalue weighted by Crippen LogP contribution is 2.28. The van der Waals surface area contributed by atoms with E-state index in [9.17, 15) is 26.9 Å². The van der Waals surface area contributed by atoms with Gasteiger partial charge in [0.15, 0.2) is 9.84 Å². The fourth-order valence-electron chi connectivity index (χ4n) is 2.84. The van der Waals surface area contributed by atoms with Crippen molar-refractivity contribution in [1.29, 1.82) is 0 Å². The van der Waals surface area contributed by atoms with Crippen LogP contribution in [0.4, 0.5) is 11.4 Å². The van der Waals surface area contributed by atoms with E-state index in [-0.39, 0.29) is 28.6 Å². The van der Waals surface area contributed by atoms with E-state index in [1.807, 2.05) is 0 Å². The molecule has 0 fully saturated rings.